The predicted octanol–water partition coefficient (Wildman–Crippen LogP) is 1.52. The Morgan fingerprint density at radius 1 is 1.29 bits per heavy atom. The second kappa shape index (κ2) is 3.57. The van der Waals surface area contributed by atoms with Crippen LogP contribution in [0.5, 0.6) is 0 Å². The third-order valence-electron chi connectivity index (χ3n) is 2.32. The molecule has 2 aromatic heterocycles. The smallest absolute Gasteiger partial charge is 0.362 e. The van der Waals surface area contributed by atoms with E-state index in [0.717, 1.165) is 0 Å². The van der Waals surface area contributed by atoms with Crippen LogP contribution in [0, 0.1) is 6.92 Å². The van der Waals surface area contributed by atoms with E-state index in [2.05, 4.69) is 15.1 Å². The molecule has 0 atom stereocenters. The lowest BCUT2D eigenvalue weighted by molar-refractivity contribution is -0.141. The van der Waals surface area contributed by atoms with Crippen LogP contribution in [0.4, 0.5) is 19.0 Å². The van der Waals surface area contributed by atoms with E-state index < -0.39 is 11.9 Å². The van der Waals surface area contributed by atoms with Crippen LogP contribution >= 0.6 is 0 Å². The first-order chi connectivity index (χ1) is 7.82. The lowest BCUT2D eigenvalue weighted by atomic mass is 10.2. The number of aromatic nitrogens is 4. The zero-order chi connectivity index (χ0) is 12.8. The second-order valence-corrected chi connectivity index (χ2v) is 3.77. The molecule has 0 spiro atoms. The summed E-state index contributed by atoms with van der Waals surface area (Å²) in [6.45, 7) is 1.37. The Hall–Kier alpha value is -1.86. The van der Waals surface area contributed by atoms with E-state index in [1.54, 1.807) is 19.0 Å². The Balaban J connectivity index is 2.84. The summed E-state index contributed by atoms with van der Waals surface area (Å²) < 4.78 is 39.6. The van der Waals surface area contributed by atoms with Crippen molar-refractivity contribution in [2.45, 2.75) is 13.1 Å². The summed E-state index contributed by atoms with van der Waals surface area (Å²) in [5.74, 6) is 0.256. The molecule has 8 heteroatoms. The predicted molar refractivity (Wildman–Crippen MR) is 54.8 cm³/mol. The molecule has 0 aliphatic rings. The van der Waals surface area contributed by atoms with Crippen molar-refractivity contribution in [2.24, 2.45) is 0 Å². The first kappa shape index (κ1) is 11.6. The summed E-state index contributed by atoms with van der Waals surface area (Å²) in [7, 11) is 3.28. The van der Waals surface area contributed by atoms with E-state index in [4.69, 9.17) is 0 Å². The van der Waals surface area contributed by atoms with Crippen molar-refractivity contribution in [3.8, 4) is 0 Å². The molecule has 0 unspecified atom stereocenters. The average Bonchev–Trinajstić information content (AvgIpc) is 2.61. The first-order valence-corrected chi connectivity index (χ1v) is 4.77. The highest BCUT2D eigenvalue weighted by Crippen LogP contribution is 2.33. The maximum Gasteiger partial charge on any atom is 0.433 e. The Labute approximate surface area is 94.9 Å². The molecule has 0 N–H and O–H groups in total. The van der Waals surface area contributed by atoms with Crippen LogP contribution in [0.1, 0.15) is 11.3 Å². The minimum Gasteiger partial charge on any atom is -0.362 e. The van der Waals surface area contributed by atoms with Crippen LogP contribution in [-0.2, 0) is 6.18 Å². The fourth-order valence-corrected chi connectivity index (χ4v) is 1.71. The van der Waals surface area contributed by atoms with Crippen LogP contribution in [0.25, 0.3) is 5.78 Å². The Kier molecular flexibility index (Phi) is 2.44. The molecule has 0 aromatic carbocycles. The standard InChI is InChI=1S/C9H10F3N5/c1-5-6(9(10,11)12)15-8-13-4-14-17(8)7(5)16(2)3/h4H,1-3H3. The summed E-state index contributed by atoms with van der Waals surface area (Å²) in [6, 6.07) is 0. The van der Waals surface area contributed by atoms with Crippen LogP contribution in [-0.4, -0.2) is 33.7 Å². The monoisotopic (exact) mass is 245 g/mol. The molecule has 2 heterocycles. The number of nitrogens with zero attached hydrogens (tertiary/aromatic N) is 5. The normalized spacial score (nSPS) is 12.1. The van der Waals surface area contributed by atoms with Gasteiger partial charge in [0.15, 0.2) is 5.69 Å². The van der Waals surface area contributed by atoms with E-state index in [9.17, 15) is 13.2 Å². The summed E-state index contributed by atoms with van der Waals surface area (Å²) in [6.07, 6.45) is -3.32. The van der Waals surface area contributed by atoms with Crippen molar-refractivity contribution in [1.29, 1.82) is 0 Å². The van der Waals surface area contributed by atoms with Crippen LogP contribution in [0.3, 0.4) is 0 Å². The largest absolute Gasteiger partial charge is 0.433 e. The number of rotatable bonds is 1. The van der Waals surface area contributed by atoms with E-state index in [-0.39, 0.29) is 11.3 Å². The molecular weight excluding hydrogens is 235 g/mol. The SMILES string of the molecule is Cc1c(C(F)(F)F)nc2ncnn2c1N(C)C. The maximum absolute atomic E-state index is 12.8. The topological polar surface area (TPSA) is 46.3 Å². The van der Waals surface area contributed by atoms with Gasteiger partial charge in [0, 0.05) is 19.7 Å². The summed E-state index contributed by atoms with van der Waals surface area (Å²) in [5.41, 5.74) is -0.901. The minimum atomic E-state index is -4.50. The van der Waals surface area contributed by atoms with Crippen molar-refractivity contribution in [3.05, 3.63) is 17.6 Å². The summed E-state index contributed by atoms with van der Waals surface area (Å²) >= 11 is 0. The second-order valence-electron chi connectivity index (χ2n) is 3.77. The molecule has 0 saturated carbocycles. The van der Waals surface area contributed by atoms with Gasteiger partial charge in [-0.1, -0.05) is 0 Å². The molecular formula is C9H10F3N5. The molecule has 5 nitrogen and oxygen atoms in total. The molecule has 0 radical (unpaired) electrons. The van der Waals surface area contributed by atoms with Crippen LogP contribution < -0.4 is 4.90 Å². The molecule has 0 saturated heterocycles. The zero-order valence-electron chi connectivity index (χ0n) is 9.45. The van der Waals surface area contributed by atoms with E-state index in [1.165, 1.54) is 17.8 Å². The first-order valence-electron chi connectivity index (χ1n) is 4.77. The van der Waals surface area contributed by atoms with Crippen LogP contribution in [0.2, 0.25) is 0 Å². The molecule has 0 bridgehead atoms. The van der Waals surface area contributed by atoms with Gasteiger partial charge in [0.1, 0.15) is 12.1 Å². The van der Waals surface area contributed by atoms with Gasteiger partial charge in [-0.25, -0.2) is 4.98 Å². The van der Waals surface area contributed by atoms with Gasteiger partial charge in [0.2, 0.25) is 0 Å². The quantitative estimate of drug-likeness (QED) is 0.764. The third kappa shape index (κ3) is 1.79. The molecule has 17 heavy (non-hydrogen) atoms. The number of halogens is 3. The highest BCUT2D eigenvalue weighted by atomic mass is 19.4. The van der Waals surface area contributed by atoms with Gasteiger partial charge in [0.05, 0.1) is 0 Å². The molecule has 2 rings (SSSR count). The summed E-state index contributed by atoms with van der Waals surface area (Å²) in [5, 5.41) is 3.86. The number of anilines is 1. The van der Waals surface area contributed by atoms with Crippen molar-refractivity contribution in [2.75, 3.05) is 19.0 Å². The molecule has 92 valence electrons. The minimum absolute atomic E-state index is 0.0282. The average molecular weight is 245 g/mol. The van der Waals surface area contributed by atoms with Gasteiger partial charge in [-0.15, -0.1) is 0 Å². The van der Waals surface area contributed by atoms with Crippen LogP contribution in [0.15, 0.2) is 6.33 Å². The molecule has 0 aliphatic carbocycles. The van der Waals surface area contributed by atoms with Crippen molar-refractivity contribution >= 4 is 11.6 Å². The highest BCUT2D eigenvalue weighted by molar-refractivity contribution is 5.53. The highest BCUT2D eigenvalue weighted by Gasteiger charge is 2.37. The fraction of sp³-hybridized carbons (Fsp3) is 0.444. The third-order valence-corrected chi connectivity index (χ3v) is 2.32. The Morgan fingerprint density at radius 2 is 1.94 bits per heavy atom. The fourth-order valence-electron chi connectivity index (χ4n) is 1.71. The van der Waals surface area contributed by atoms with E-state index in [1.807, 2.05) is 0 Å². The van der Waals surface area contributed by atoms with Crippen molar-refractivity contribution < 1.29 is 13.2 Å². The maximum atomic E-state index is 12.8. The van der Waals surface area contributed by atoms with E-state index in [0.29, 0.717) is 5.82 Å². The number of hydrogen-bond acceptors (Lipinski definition) is 4. The van der Waals surface area contributed by atoms with Gasteiger partial charge >= 0.3 is 6.18 Å². The summed E-state index contributed by atoms with van der Waals surface area (Å²) in [4.78, 5) is 8.73. The van der Waals surface area contributed by atoms with Gasteiger partial charge in [-0.05, 0) is 6.92 Å². The van der Waals surface area contributed by atoms with Crippen molar-refractivity contribution in [3.63, 3.8) is 0 Å². The van der Waals surface area contributed by atoms with E-state index >= 15 is 0 Å². The molecule has 0 aliphatic heterocycles. The molecule has 0 amide bonds. The number of fused-ring (bicyclic) bond motifs is 1. The number of alkyl halides is 3. The Morgan fingerprint density at radius 3 is 2.47 bits per heavy atom. The molecule has 0 fully saturated rings. The lowest BCUT2D eigenvalue weighted by Crippen LogP contribution is -2.20. The van der Waals surface area contributed by atoms with Gasteiger partial charge in [-0.3, -0.25) is 0 Å². The Bertz CT molecular complexity index is 557. The molecule has 2 aromatic rings. The van der Waals surface area contributed by atoms with Gasteiger partial charge in [-0.2, -0.15) is 27.8 Å². The lowest BCUT2D eigenvalue weighted by Gasteiger charge is -2.19. The number of hydrogen-bond donors (Lipinski definition) is 0. The zero-order valence-corrected chi connectivity index (χ0v) is 9.45. The van der Waals surface area contributed by atoms with Crippen molar-refractivity contribution in [1.82, 2.24) is 19.6 Å². The van der Waals surface area contributed by atoms with Gasteiger partial charge < -0.3 is 4.90 Å². The van der Waals surface area contributed by atoms with Gasteiger partial charge in [0.25, 0.3) is 5.78 Å².